The molecule has 0 aliphatic carbocycles. The second-order valence-electron chi connectivity index (χ2n) is 4.33. The van der Waals surface area contributed by atoms with Crippen molar-refractivity contribution < 1.29 is 4.39 Å². The number of nitrogens with one attached hydrogen (secondary N) is 1. The van der Waals surface area contributed by atoms with Crippen LogP contribution in [-0.4, -0.2) is 9.78 Å². The summed E-state index contributed by atoms with van der Waals surface area (Å²) < 4.78 is 16.3. The molecule has 0 aliphatic rings. The monoisotopic (exact) mass is 311 g/mol. The van der Waals surface area contributed by atoms with Crippen molar-refractivity contribution in [3.05, 3.63) is 45.9 Å². The van der Waals surface area contributed by atoms with Gasteiger partial charge in [-0.2, -0.15) is 5.10 Å². The number of anilines is 1. The smallest absolute Gasteiger partial charge is 0.146 e. The molecule has 0 saturated heterocycles. The van der Waals surface area contributed by atoms with Crippen molar-refractivity contribution in [3.63, 3.8) is 0 Å². The van der Waals surface area contributed by atoms with Crippen molar-refractivity contribution in [2.24, 2.45) is 7.05 Å². The van der Waals surface area contributed by atoms with Crippen molar-refractivity contribution in [1.29, 1.82) is 0 Å². The second-order valence-corrected chi connectivity index (χ2v) is 5.25. The highest BCUT2D eigenvalue weighted by molar-refractivity contribution is 9.10. The highest BCUT2D eigenvalue weighted by Gasteiger charge is 2.13. The quantitative estimate of drug-likeness (QED) is 0.934. The van der Waals surface area contributed by atoms with Gasteiger partial charge in [0.15, 0.2) is 0 Å². The van der Waals surface area contributed by atoms with Gasteiger partial charge in [0.1, 0.15) is 5.82 Å². The topological polar surface area (TPSA) is 29.9 Å². The number of hydrogen-bond donors (Lipinski definition) is 1. The molecule has 1 aromatic carbocycles. The molecular weight excluding hydrogens is 297 g/mol. The second kappa shape index (κ2) is 5.10. The maximum atomic E-state index is 13.6. The molecule has 3 nitrogen and oxygen atoms in total. The summed E-state index contributed by atoms with van der Waals surface area (Å²) in [6, 6.07) is 4.86. The van der Waals surface area contributed by atoms with Crippen LogP contribution in [0, 0.1) is 12.7 Å². The molecule has 0 bridgehead atoms. The van der Waals surface area contributed by atoms with Gasteiger partial charge in [0, 0.05) is 23.3 Å². The van der Waals surface area contributed by atoms with Gasteiger partial charge in [-0.3, -0.25) is 4.68 Å². The molecule has 0 radical (unpaired) electrons. The summed E-state index contributed by atoms with van der Waals surface area (Å²) in [5.74, 6) is -0.258. The standard InChI is InChI=1S/C13H15BrFN3/c1-8(11-7-18(3)17-9(11)2)16-13-6-10(14)4-5-12(13)15/h4-8,16H,1-3H3. The molecule has 0 saturated carbocycles. The first-order valence-corrected chi connectivity index (χ1v) is 6.48. The van der Waals surface area contributed by atoms with Gasteiger partial charge >= 0.3 is 0 Å². The molecule has 0 spiro atoms. The predicted octanol–water partition coefficient (Wildman–Crippen LogP) is 3.80. The molecule has 96 valence electrons. The molecular formula is C13H15BrFN3. The summed E-state index contributed by atoms with van der Waals surface area (Å²) >= 11 is 3.34. The Labute approximate surface area is 114 Å². The van der Waals surface area contributed by atoms with E-state index >= 15 is 0 Å². The van der Waals surface area contributed by atoms with E-state index in [1.54, 1.807) is 16.8 Å². The number of halogens is 2. The van der Waals surface area contributed by atoms with Crippen LogP contribution in [0.3, 0.4) is 0 Å². The summed E-state index contributed by atoms with van der Waals surface area (Å²) in [4.78, 5) is 0. The van der Waals surface area contributed by atoms with Crippen LogP contribution in [0.15, 0.2) is 28.9 Å². The van der Waals surface area contributed by atoms with Gasteiger partial charge in [0.2, 0.25) is 0 Å². The van der Waals surface area contributed by atoms with Gasteiger partial charge in [-0.15, -0.1) is 0 Å². The molecule has 2 aromatic rings. The molecule has 0 aliphatic heterocycles. The van der Waals surface area contributed by atoms with E-state index < -0.39 is 0 Å². The van der Waals surface area contributed by atoms with Crippen LogP contribution in [0.1, 0.15) is 24.2 Å². The molecule has 1 N–H and O–H groups in total. The Balaban J connectivity index is 2.23. The zero-order valence-corrected chi connectivity index (χ0v) is 12.1. The van der Waals surface area contributed by atoms with Gasteiger partial charge in [0.05, 0.1) is 17.4 Å². The number of rotatable bonds is 3. The van der Waals surface area contributed by atoms with E-state index in [1.807, 2.05) is 27.1 Å². The molecule has 18 heavy (non-hydrogen) atoms. The Hall–Kier alpha value is -1.36. The largest absolute Gasteiger partial charge is 0.376 e. The Morgan fingerprint density at radius 2 is 2.17 bits per heavy atom. The van der Waals surface area contributed by atoms with Crippen LogP contribution in [0.2, 0.25) is 0 Å². The molecule has 1 atom stereocenters. The third-order valence-electron chi connectivity index (χ3n) is 2.82. The number of nitrogens with zero attached hydrogens (tertiary/aromatic N) is 2. The highest BCUT2D eigenvalue weighted by Crippen LogP contribution is 2.25. The number of hydrogen-bond acceptors (Lipinski definition) is 2. The minimum absolute atomic E-state index is 0.00231. The van der Waals surface area contributed by atoms with E-state index in [9.17, 15) is 4.39 Å². The maximum absolute atomic E-state index is 13.6. The van der Waals surface area contributed by atoms with Gasteiger partial charge in [0.25, 0.3) is 0 Å². The number of aromatic nitrogens is 2. The number of benzene rings is 1. The molecule has 0 amide bonds. The lowest BCUT2D eigenvalue weighted by molar-refractivity contribution is 0.627. The summed E-state index contributed by atoms with van der Waals surface area (Å²) in [5, 5.41) is 7.45. The predicted molar refractivity (Wildman–Crippen MR) is 74.1 cm³/mol. The van der Waals surface area contributed by atoms with Gasteiger partial charge in [-0.25, -0.2) is 4.39 Å². The molecule has 1 heterocycles. The Kier molecular flexibility index (Phi) is 3.71. The Morgan fingerprint density at radius 1 is 1.44 bits per heavy atom. The van der Waals surface area contributed by atoms with E-state index in [0.29, 0.717) is 5.69 Å². The van der Waals surface area contributed by atoms with E-state index in [-0.39, 0.29) is 11.9 Å². The Morgan fingerprint density at radius 3 is 2.78 bits per heavy atom. The lowest BCUT2D eigenvalue weighted by Crippen LogP contribution is -2.08. The fourth-order valence-electron chi connectivity index (χ4n) is 1.96. The highest BCUT2D eigenvalue weighted by atomic mass is 79.9. The zero-order chi connectivity index (χ0) is 13.3. The van der Waals surface area contributed by atoms with Crippen LogP contribution >= 0.6 is 15.9 Å². The normalized spacial score (nSPS) is 12.5. The minimum Gasteiger partial charge on any atom is -0.376 e. The lowest BCUT2D eigenvalue weighted by atomic mass is 10.1. The third-order valence-corrected chi connectivity index (χ3v) is 3.31. The average Bonchev–Trinajstić information content (AvgIpc) is 2.63. The van der Waals surface area contributed by atoms with Gasteiger partial charge in [-0.1, -0.05) is 15.9 Å². The van der Waals surface area contributed by atoms with Crippen LogP contribution in [0.4, 0.5) is 10.1 Å². The lowest BCUT2D eigenvalue weighted by Gasteiger charge is -2.15. The van der Waals surface area contributed by atoms with E-state index in [4.69, 9.17) is 0 Å². The fourth-order valence-corrected chi connectivity index (χ4v) is 2.32. The van der Waals surface area contributed by atoms with E-state index in [2.05, 4.69) is 26.3 Å². The van der Waals surface area contributed by atoms with Crippen molar-refractivity contribution in [2.75, 3.05) is 5.32 Å². The van der Waals surface area contributed by atoms with Crippen molar-refractivity contribution >= 4 is 21.6 Å². The first-order valence-electron chi connectivity index (χ1n) is 5.69. The summed E-state index contributed by atoms with van der Waals surface area (Å²) in [5.41, 5.74) is 2.50. The Bertz CT molecular complexity index is 565. The summed E-state index contributed by atoms with van der Waals surface area (Å²) in [7, 11) is 1.88. The van der Waals surface area contributed by atoms with Gasteiger partial charge < -0.3 is 5.32 Å². The maximum Gasteiger partial charge on any atom is 0.146 e. The van der Waals surface area contributed by atoms with Crippen molar-refractivity contribution in [3.8, 4) is 0 Å². The SMILES string of the molecule is Cc1nn(C)cc1C(C)Nc1cc(Br)ccc1F. The molecule has 0 fully saturated rings. The summed E-state index contributed by atoms with van der Waals surface area (Å²) in [6.07, 6.45) is 1.95. The summed E-state index contributed by atoms with van der Waals surface area (Å²) in [6.45, 7) is 3.94. The van der Waals surface area contributed by atoms with E-state index in [1.165, 1.54) is 6.07 Å². The van der Waals surface area contributed by atoms with Crippen molar-refractivity contribution in [1.82, 2.24) is 9.78 Å². The van der Waals surface area contributed by atoms with Crippen molar-refractivity contribution in [2.45, 2.75) is 19.9 Å². The van der Waals surface area contributed by atoms with Crippen LogP contribution in [0.25, 0.3) is 0 Å². The van der Waals surface area contributed by atoms with Gasteiger partial charge in [-0.05, 0) is 32.0 Å². The fraction of sp³-hybridized carbons (Fsp3) is 0.308. The van der Waals surface area contributed by atoms with Crippen LogP contribution in [-0.2, 0) is 7.05 Å². The minimum atomic E-state index is -0.258. The first kappa shape index (κ1) is 13.1. The van der Waals surface area contributed by atoms with E-state index in [0.717, 1.165) is 15.7 Å². The number of aryl methyl sites for hydroxylation is 2. The average molecular weight is 312 g/mol. The molecule has 5 heteroatoms. The molecule has 1 unspecified atom stereocenters. The molecule has 2 rings (SSSR count). The third kappa shape index (κ3) is 2.72. The van der Waals surface area contributed by atoms with Crippen LogP contribution < -0.4 is 5.32 Å². The van der Waals surface area contributed by atoms with Crippen LogP contribution in [0.5, 0.6) is 0 Å². The molecule has 1 aromatic heterocycles. The zero-order valence-electron chi connectivity index (χ0n) is 10.5. The first-order chi connectivity index (χ1) is 8.47.